The van der Waals surface area contributed by atoms with Crippen LogP contribution in [0.3, 0.4) is 0 Å². The molecule has 2 aromatic carbocycles. The molecule has 19 heavy (non-hydrogen) atoms. The van der Waals surface area contributed by atoms with E-state index < -0.39 is 22.3 Å². The van der Waals surface area contributed by atoms with Gasteiger partial charge in [0.15, 0.2) is 0 Å². The molecule has 0 N–H and O–H groups in total. The van der Waals surface area contributed by atoms with Crippen LogP contribution in [-0.4, -0.2) is 0 Å². The fraction of sp³-hybridized carbons (Fsp3) is 0.200. The Morgan fingerprint density at radius 3 is 2.11 bits per heavy atom. The molecule has 0 saturated carbocycles. The molecule has 4 heteroatoms. The minimum Gasteiger partial charge on any atom is -0.207 e. The van der Waals surface area contributed by atoms with Crippen molar-refractivity contribution in [2.45, 2.75) is 18.7 Å². The van der Waals surface area contributed by atoms with Gasteiger partial charge in [0, 0.05) is 11.1 Å². The first kappa shape index (κ1) is 14.1. The SMILES string of the molecule is Cc1ccc(C(Br)c2cc(F)c(C)cc2F)c(F)c1. The van der Waals surface area contributed by atoms with Crippen molar-refractivity contribution in [3.63, 3.8) is 0 Å². The third-order valence-electron chi connectivity index (χ3n) is 2.98. The van der Waals surface area contributed by atoms with Gasteiger partial charge in [0.05, 0.1) is 4.83 Å². The number of aryl methyl sites for hydroxylation is 2. The third-order valence-corrected chi connectivity index (χ3v) is 3.97. The normalized spacial score (nSPS) is 12.5. The first-order chi connectivity index (χ1) is 8.90. The molecule has 0 aliphatic rings. The van der Waals surface area contributed by atoms with Crippen LogP contribution in [0.1, 0.15) is 27.1 Å². The van der Waals surface area contributed by atoms with Crippen LogP contribution >= 0.6 is 15.9 Å². The van der Waals surface area contributed by atoms with Crippen LogP contribution in [0.4, 0.5) is 13.2 Å². The van der Waals surface area contributed by atoms with E-state index in [0.717, 1.165) is 17.7 Å². The van der Waals surface area contributed by atoms with Gasteiger partial charge in [-0.1, -0.05) is 28.1 Å². The van der Waals surface area contributed by atoms with E-state index in [9.17, 15) is 13.2 Å². The molecule has 0 bridgehead atoms. The average Bonchev–Trinajstić information content (AvgIpc) is 2.33. The molecule has 0 aromatic heterocycles. The lowest BCUT2D eigenvalue weighted by atomic mass is 10.0. The van der Waals surface area contributed by atoms with Crippen LogP contribution in [0.2, 0.25) is 0 Å². The van der Waals surface area contributed by atoms with E-state index in [-0.39, 0.29) is 16.7 Å². The third kappa shape index (κ3) is 2.84. The predicted octanol–water partition coefficient (Wildman–Crippen LogP) is 5.21. The van der Waals surface area contributed by atoms with Crippen molar-refractivity contribution in [3.8, 4) is 0 Å². The van der Waals surface area contributed by atoms with Gasteiger partial charge in [-0.25, -0.2) is 13.2 Å². The zero-order valence-electron chi connectivity index (χ0n) is 10.5. The summed E-state index contributed by atoms with van der Waals surface area (Å²) in [5.41, 5.74) is 1.38. The minimum atomic E-state index is -0.719. The van der Waals surface area contributed by atoms with Gasteiger partial charge >= 0.3 is 0 Å². The van der Waals surface area contributed by atoms with Crippen molar-refractivity contribution in [2.24, 2.45) is 0 Å². The molecule has 0 spiro atoms. The molecule has 0 radical (unpaired) electrons. The van der Waals surface area contributed by atoms with Gasteiger partial charge in [0.1, 0.15) is 17.5 Å². The highest BCUT2D eigenvalue weighted by atomic mass is 79.9. The summed E-state index contributed by atoms with van der Waals surface area (Å²) in [4.78, 5) is -0.719. The quantitative estimate of drug-likeness (QED) is 0.664. The lowest BCUT2D eigenvalue weighted by Gasteiger charge is -2.14. The van der Waals surface area contributed by atoms with E-state index in [0.29, 0.717) is 0 Å². The Bertz CT molecular complexity index is 623. The molecule has 1 unspecified atom stereocenters. The van der Waals surface area contributed by atoms with Gasteiger partial charge in [-0.2, -0.15) is 0 Å². The van der Waals surface area contributed by atoms with Crippen molar-refractivity contribution in [1.29, 1.82) is 0 Å². The smallest absolute Gasteiger partial charge is 0.128 e. The molecule has 0 aliphatic heterocycles. The Kier molecular flexibility index (Phi) is 3.99. The standard InChI is InChI=1S/C15H12BrF3/c1-8-3-4-10(13(18)5-8)15(16)11-7-12(17)9(2)6-14(11)19/h3-7,15H,1-2H3. The number of hydrogen-bond donors (Lipinski definition) is 0. The Labute approximate surface area is 118 Å². The van der Waals surface area contributed by atoms with Gasteiger partial charge in [0.25, 0.3) is 0 Å². The van der Waals surface area contributed by atoms with Crippen molar-refractivity contribution in [1.82, 2.24) is 0 Å². The van der Waals surface area contributed by atoms with E-state index in [2.05, 4.69) is 15.9 Å². The van der Waals surface area contributed by atoms with Crippen LogP contribution in [0, 0.1) is 31.3 Å². The highest BCUT2D eigenvalue weighted by Crippen LogP contribution is 2.35. The molecule has 0 heterocycles. The van der Waals surface area contributed by atoms with Gasteiger partial charge in [0.2, 0.25) is 0 Å². The maximum absolute atomic E-state index is 13.9. The fourth-order valence-corrected chi connectivity index (χ4v) is 2.58. The second-order valence-corrected chi connectivity index (χ2v) is 5.43. The first-order valence-electron chi connectivity index (χ1n) is 5.76. The Hall–Kier alpha value is -1.29. The molecule has 0 fully saturated rings. The molecular weight excluding hydrogens is 317 g/mol. The highest BCUT2D eigenvalue weighted by molar-refractivity contribution is 9.09. The van der Waals surface area contributed by atoms with Gasteiger partial charge in [-0.3, -0.25) is 0 Å². The summed E-state index contributed by atoms with van der Waals surface area (Å²) in [7, 11) is 0. The van der Waals surface area contributed by atoms with Crippen molar-refractivity contribution >= 4 is 15.9 Å². The van der Waals surface area contributed by atoms with E-state index in [1.807, 2.05) is 0 Å². The van der Waals surface area contributed by atoms with Gasteiger partial charge < -0.3 is 0 Å². The largest absolute Gasteiger partial charge is 0.207 e. The fourth-order valence-electron chi connectivity index (χ4n) is 1.86. The summed E-state index contributed by atoms with van der Waals surface area (Å²) in [6.07, 6.45) is 0. The first-order valence-corrected chi connectivity index (χ1v) is 6.67. The van der Waals surface area contributed by atoms with Gasteiger partial charge in [-0.15, -0.1) is 0 Å². The van der Waals surface area contributed by atoms with Crippen molar-refractivity contribution in [2.75, 3.05) is 0 Å². The number of rotatable bonds is 2. The van der Waals surface area contributed by atoms with Crippen molar-refractivity contribution in [3.05, 3.63) is 70.0 Å². The monoisotopic (exact) mass is 328 g/mol. The van der Waals surface area contributed by atoms with Crippen molar-refractivity contribution < 1.29 is 13.2 Å². The predicted molar refractivity (Wildman–Crippen MR) is 73.0 cm³/mol. The molecule has 0 amide bonds. The lowest BCUT2D eigenvalue weighted by Crippen LogP contribution is -2.02. The second kappa shape index (κ2) is 5.37. The van der Waals surface area contributed by atoms with Crippen LogP contribution in [0.25, 0.3) is 0 Å². The van der Waals surface area contributed by atoms with Crippen LogP contribution in [-0.2, 0) is 0 Å². The average molecular weight is 329 g/mol. The molecule has 1 atom stereocenters. The maximum Gasteiger partial charge on any atom is 0.128 e. The zero-order chi connectivity index (χ0) is 14.2. The zero-order valence-corrected chi connectivity index (χ0v) is 12.1. The summed E-state index contributed by atoms with van der Waals surface area (Å²) >= 11 is 3.23. The molecule has 2 rings (SSSR count). The van der Waals surface area contributed by atoms with Gasteiger partial charge in [-0.05, 0) is 43.2 Å². The Balaban J connectivity index is 2.49. The minimum absolute atomic E-state index is 0.0888. The molecule has 0 aliphatic carbocycles. The maximum atomic E-state index is 13.9. The molecule has 0 saturated heterocycles. The van der Waals surface area contributed by atoms with E-state index in [1.54, 1.807) is 19.1 Å². The van der Waals surface area contributed by atoms with E-state index in [1.165, 1.54) is 13.0 Å². The summed E-state index contributed by atoms with van der Waals surface area (Å²) in [5.74, 6) is -1.50. The van der Waals surface area contributed by atoms with E-state index in [4.69, 9.17) is 0 Å². The lowest BCUT2D eigenvalue weighted by molar-refractivity contribution is 0.576. The molecule has 100 valence electrons. The Morgan fingerprint density at radius 2 is 1.47 bits per heavy atom. The number of alkyl halides is 1. The number of halogens is 4. The summed E-state index contributed by atoms with van der Waals surface area (Å²) in [5, 5.41) is 0. The Morgan fingerprint density at radius 1 is 0.842 bits per heavy atom. The number of hydrogen-bond acceptors (Lipinski definition) is 0. The molecule has 2 aromatic rings. The van der Waals surface area contributed by atoms with E-state index >= 15 is 0 Å². The van der Waals surface area contributed by atoms with Crippen LogP contribution < -0.4 is 0 Å². The molecular formula is C15H12BrF3. The highest BCUT2D eigenvalue weighted by Gasteiger charge is 2.20. The topological polar surface area (TPSA) is 0 Å². The van der Waals surface area contributed by atoms with Crippen LogP contribution in [0.5, 0.6) is 0 Å². The summed E-state index contributed by atoms with van der Waals surface area (Å²) in [6.45, 7) is 3.25. The summed E-state index contributed by atoms with van der Waals surface area (Å²) < 4.78 is 41.2. The van der Waals surface area contributed by atoms with Crippen LogP contribution in [0.15, 0.2) is 30.3 Å². The second-order valence-electron chi connectivity index (χ2n) is 4.51. The number of benzene rings is 2. The molecule has 0 nitrogen and oxygen atoms in total. The summed E-state index contributed by atoms with van der Waals surface area (Å²) in [6, 6.07) is 6.89.